The standard InChI is InChI=1S/C31H37N7O5/c1-31(2,3)43-30(39)36(5)16-15-35(4)25-18-27(42-6)24(17-26(25)38(40)41)34-29-32-13-12-23(33-29)22-19-37-14-8-10-20-9-7-11-21(22)28(20)37/h7,9,11-13,17-19H,8,10,14-16H2,1-6H3,(H,32,33,34). The van der Waals surface area contributed by atoms with E-state index in [0.29, 0.717) is 30.2 Å². The zero-order valence-electron chi connectivity index (χ0n) is 25.4. The second-order valence-corrected chi connectivity index (χ2v) is 11.7. The van der Waals surface area contributed by atoms with Crippen LogP contribution in [-0.4, -0.2) is 70.3 Å². The zero-order chi connectivity index (χ0) is 30.9. The average molecular weight is 588 g/mol. The van der Waals surface area contributed by atoms with Gasteiger partial charge in [0.15, 0.2) is 0 Å². The van der Waals surface area contributed by atoms with Crippen LogP contribution in [0.3, 0.4) is 0 Å². The van der Waals surface area contributed by atoms with Gasteiger partial charge in [-0.3, -0.25) is 10.1 Å². The smallest absolute Gasteiger partial charge is 0.410 e. The van der Waals surface area contributed by atoms with E-state index in [9.17, 15) is 14.9 Å². The van der Waals surface area contributed by atoms with Crippen molar-refractivity contribution in [3.8, 4) is 17.0 Å². The Kier molecular flexibility index (Phi) is 8.12. The molecule has 1 aliphatic rings. The van der Waals surface area contributed by atoms with Crippen molar-refractivity contribution in [2.45, 2.75) is 45.8 Å². The molecule has 1 aliphatic heterocycles. The third-order valence-corrected chi connectivity index (χ3v) is 7.39. The van der Waals surface area contributed by atoms with Gasteiger partial charge in [-0.2, -0.15) is 0 Å². The lowest BCUT2D eigenvalue weighted by atomic mass is 10.0. The van der Waals surface area contributed by atoms with E-state index in [1.165, 1.54) is 29.2 Å². The molecule has 43 heavy (non-hydrogen) atoms. The summed E-state index contributed by atoms with van der Waals surface area (Å²) >= 11 is 0. The highest BCUT2D eigenvalue weighted by atomic mass is 16.6. The lowest BCUT2D eigenvalue weighted by Crippen LogP contribution is -2.38. The Labute approximate surface area is 250 Å². The summed E-state index contributed by atoms with van der Waals surface area (Å²) in [6, 6.07) is 11.2. The molecule has 5 rings (SSSR count). The number of anilines is 3. The van der Waals surface area contributed by atoms with Gasteiger partial charge in [0, 0.05) is 69.2 Å². The van der Waals surface area contributed by atoms with Gasteiger partial charge in [-0.1, -0.05) is 18.2 Å². The van der Waals surface area contributed by atoms with Crippen molar-refractivity contribution < 1.29 is 19.2 Å². The minimum Gasteiger partial charge on any atom is -0.494 e. The van der Waals surface area contributed by atoms with Gasteiger partial charge in [0.2, 0.25) is 5.95 Å². The number of nitrogens with zero attached hydrogens (tertiary/aromatic N) is 6. The Bertz CT molecular complexity index is 1680. The lowest BCUT2D eigenvalue weighted by Gasteiger charge is -2.27. The van der Waals surface area contributed by atoms with Crippen LogP contribution in [0.1, 0.15) is 32.8 Å². The van der Waals surface area contributed by atoms with Crippen LogP contribution < -0.4 is 15.0 Å². The van der Waals surface area contributed by atoms with Crippen LogP contribution in [0.2, 0.25) is 0 Å². The predicted molar refractivity (Wildman–Crippen MR) is 166 cm³/mol. The van der Waals surface area contributed by atoms with Crippen molar-refractivity contribution >= 4 is 40.0 Å². The molecule has 0 bridgehead atoms. The highest BCUT2D eigenvalue weighted by molar-refractivity contribution is 5.97. The summed E-state index contributed by atoms with van der Waals surface area (Å²) in [5.74, 6) is 0.672. The summed E-state index contributed by atoms with van der Waals surface area (Å²) in [6.45, 7) is 6.97. The molecular weight excluding hydrogens is 550 g/mol. The highest BCUT2D eigenvalue weighted by Gasteiger charge is 2.25. The lowest BCUT2D eigenvalue weighted by molar-refractivity contribution is -0.384. The van der Waals surface area contributed by atoms with E-state index in [0.717, 1.165) is 36.0 Å². The summed E-state index contributed by atoms with van der Waals surface area (Å²) in [5, 5.41) is 16.4. The number of rotatable bonds is 9. The fourth-order valence-electron chi connectivity index (χ4n) is 5.28. The Balaban J connectivity index is 1.40. The van der Waals surface area contributed by atoms with Crippen molar-refractivity contribution in [1.82, 2.24) is 19.4 Å². The summed E-state index contributed by atoms with van der Waals surface area (Å²) in [4.78, 5) is 36.3. The Morgan fingerprint density at radius 2 is 1.98 bits per heavy atom. The molecule has 226 valence electrons. The van der Waals surface area contributed by atoms with Gasteiger partial charge >= 0.3 is 6.09 Å². The molecule has 2 aromatic heterocycles. The van der Waals surface area contributed by atoms with Crippen LogP contribution in [0.15, 0.2) is 48.8 Å². The van der Waals surface area contributed by atoms with Crippen molar-refractivity contribution in [3.05, 3.63) is 64.5 Å². The van der Waals surface area contributed by atoms with E-state index in [1.807, 2.05) is 6.07 Å². The molecule has 0 atom stereocenters. The predicted octanol–water partition coefficient (Wildman–Crippen LogP) is 6.01. The number of methoxy groups -OCH3 is 1. The monoisotopic (exact) mass is 587 g/mol. The third-order valence-electron chi connectivity index (χ3n) is 7.39. The minimum absolute atomic E-state index is 0.129. The van der Waals surface area contributed by atoms with Crippen molar-refractivity contribution in [3.63, 3.8) is 0 Å². The molecule has 0 saturated carbocycles. The highest BCUT2D eigenvalue weighted by Crippen LogP contribution is 2.39. The first-order chi connectivity index (χ1) is 20.4. The number of likely N-dealkylation sites (N-methyl/N-ethyl adjacent to an activating group) is 2. The maximum Gasteiger partial charge on any atom is 0.410 e. The molecule has 4 aromatic rings. The summed E-state index contributed by atoms with van der Waals surface area (Å²) in [5.41, 5.74) is 4.29. The maximum atomic E-state index is 12.4. The van der Waals surface area contributed by atoms with E-state index in [1.54, 1.807) is 52.0 Å². The number of nitro benzene ring substituents is 1. The molecule has 3 heterocycles. The Hall–Kier alpha value is -4.87. The van der Waals surface area contributed by atoms with Gasteiger partial charge in [-0.15, -0.1) is 0 Å². The van der Waals surface area contributed by atoms with Crippen LogP contribution >= 0.6 is 0 Å². The normalized spacial score (nSPS) is 12.6. The fraction of sp³-hybridized carbons (Fsp3) is 0.387. The van der Waals surface area contributed by atoms with E-state index >= 15 is 0 Å². The number of carbonyl (C=O) groups excluding carboxylic acids is 1. The molecule has 2 aromatic carbocycles. The quantitative estimate of drug-likeness (QED) is 0.185. The number of nitro groups is 1. The number of amides is 1. The SMILES string of the molecule is COc1cc(N(C)CCN(C)C(=O)OC(C)(C)C)c([N+](=O)[O-])cc1Nc1nccc(-c2cn3c4c(cccc24)CCC3)n1. The molecule has 12 nitrogen and oxygen atoms in total. The van der Waals surface area contributed by atoms with Gasteiger partial charge in [-0.05, 0) is 45.2 Å². The van der Waals surface area contributed by atoms with Crippen LogP contribution in [0.5, 0.6) is 5.75 Å². The molecule has 0 fully saturated rings. The van der Waals surface area contributed by atoms with E-state index in [4.69, 9.17) is 14.5 Å². The number of ether oxygens (including phenoxy) is 2. The van der Waals surface area contributed by atoms with Gasteiger partial charge in [0.1, 0.15) is 17.0 Å². The fourth-order valence-corrected chi connectivity index (χ4v) is 5.28. The molecular formula is C31H37N7O5. The molecule has 0 unspecified atom stereocenters. The second-order valence-electron chi connectivity index (χ2n) is 11.7. The van der Waals surface area contributed by atoms with Gasteiger partial charge in [0.25, 0.3) is 5.69 Å². The van der Waals surface area contributed by atoms with Crippen molar-refractivity contribution in [2.24, 2.45) is 0 Å². The second kappa shape index (κ2) is 11.8. The van der Waals surface area contributed by atoms with Crippen LogP contribution in [-0.2, 0) is 17.7 Å². The summed E-state index contributed by atoms with van der Waals surface area (Å²) in [7, 11) is 4.85. The number of carbonyl (C=O) groups is 1. The minimum atomic E-state index is -0.620. The van der Waals surface area contributed by atoms with Gasteiger partial charge in [-0.25, -0.2) is 14.8 Å². The van der Waals surface area contributed by atoms with Crippen LogP contribution in [0.25, 0.3) is 22.2 Å². The number of para-hydroxylation sites is 1. The van der Waals surface area contributed by atoms with Crippen LogP contribution in [0, 0.1) is 10.1 Å². The van der Waals surface area contributed by atoms with E-state index in [2.05, 4.69) is 39.3 Å². The maximum absolute atomic E-state index is 12.4. The zero-order valence-corrected chi connectivity index (χ0v) is 25.4. The first-order valence-corrected chi connectivity index (χ1v) is 14.2. The van der Waals surface area contributed by atoms with Crippen LogP contribution in [0.4, 0.5) is 27.8 Å². The Morgan fingerprint density at radius 1 is 1.19 bits per heavy atom. The number of aryl methyl sites for hydroxylation is 2. The molecule has 1 amide bonds. The number of aromatic nitrogens is 3. The van der Waals surface area contributed by atoms with E-state index in [-0.39, 0.29) is 11.6 Å². The van der Waals surface area contributed by atoms with E-state index < -0.39 is 16.6 Å². The Morgan fingerprint density at radius 3 is 2.70 bits per heavy atom. The number of benzene rings is 2. The van der Waals surface area contributed by atoms with Crippen molar-refractivity contribution in [2.75, 3.05) is 44.5 Å². The van der Waals surface area contributed by atoms with Gasteiger partial charge in [0.05, 0.1) is 28.9 Å². The summed E-state index contributed by atoms with van der Waals surface area (Å²) < 4.78 is 13.3. The largest absolute Gasteiger partial charge is 0.494 e. The topological polar surface area (TPSA) is 128 Å². The number of hydrogen-bond donors (Lipinski definition) is 1. The number of nitrogens with one attached hydrogen (secondary N) is 1. The molecule has 0 spiro atoms. The average Bonchev–Trinajstić information content (AvgIpc) is 3.35. The molecule has 0 radical (unpaired) electrons. The molecule has 0 aliphatic carbocycles. The number of hydrogen-bond acceptors (Lipinski definition) is 9. The van der Waals surface area contributed by atoms with Gasteiger partial charge < -0.3 is 29.2 Å². The first kappa shape index (κ1) is 29.6. The molecule has 0 saturated heterocycles. The molecule has 1 N–H and O–H groups in total. The third kappa shape index (κ3) is 6.32. The first-order valence-electron chi connectivity index (χ1n) is 14.2. The summed E-state index contributed by atoms with van der Waals surface area (Å²) in [6.07, 6.45) is 5.49. The molecule has 12 heteroatoms. The van der Waals surface area contributed by atoms with Crippen molar-refractivity contribution in [1.29, 1.82) is 0 Å².